The highest BCUT2D eigenvalue weighted by Crippen LogP contribution is 2.14. The molecule has 2 rings (SSSR count). The van der Waals surface area contributed by atoms with Crippen LogP contribution in [-0.4, -0.2) is 25.3 Å². The fraction of sp³-hybridized carbons (Fsp3) is 0.167. The zero-order valence-electron chi connectivity index (χ0n) is 14.8. The van der Waals surface area contributed by atoms with Gasteiger partial charge in [0.15, 0.2) is 5.11 Å². The van der Waals surface area contributed by atoms with Crippen LogP contribution in [0.2, 0.25) is 0 Å². The summed E-state index contributed by atoms with van der Waals surface area (Å²) in [6, 6.07) is 12.8. The number of amides is 2. The van der Waals surface area contributed by atoms with Gasteiger partial charge in [-0.05, 0) is 60.6 Å². The number of carbonyl (C=O) groups is 2. The number of anilines is 1. The average Bonchev–Trinajstić information content (AvgIpc) is 2.61. The van der Waals surface area contributed by atoms with Gasteiger partial charge in [-0.2, -0.15) is 0 Å². The quantitative estimate of drug-likeness (QED) is 0.659. The molecular formula is C18H19N3O4S2. The van der Waals surface area contributed by atoms with Crippen LogP contribution in [0, 0.1) is 0 Å². The number of sulfonamides is 1. The molecule has 0 saturated heterocycles. The number of benzene rings is 2. The Bertz CT molecular complexity index is 953. The van der Waals surface area contributed by atoms with Crippen LogP contribution in [0.4, 0.5) is 5.69 Å². The minimum Gasteiger partial charge on any atom is -0.332 e. The third-order valence-corrected chi connectivity index (χ3v) is 5.21. The van der Waals surface area contributed by atoms with Gasteiger partial charge in [0, 0.05) is 18.2 Å². The fourth-order valence-corrected chi connectivity index (χ4v) is 3.40. The van der Waals surface area contributed by atoms with Crippen molar-refractivity contribution >= 4 is 44.9 Å². The van der Waals surface area contributed by atoms with E-state index in [1.807, 2.05) is 23.8 Å². The van der Waals surface area contributed by atoms with Crippen LogP contribution in [0.5, 0.6) is 0 Å². The molecule has 2 amide bonds. The maximum atomic E-state index is 12.2. The van der Waals surface area contributed by atoms with Crippen molar-refractivity contribution in [2.24, 2.45) is 0 Å². The Balaban J connectivity index is 1.99. The zero-order valence-corrected chi connectivity index (χ0v) is 16.4. The third-order valence-electron chi connectivity index (χ3n) is 3.55. The number of thiocarbonyl (C=S) groups is 1. The monoisotopic (exact) mass is 405 g/mol. The van der Waals surface area contributed by atoms with Crippen LogP contribution in [0.15, 0.2) is 53.4 Å². The molecule has 0 heterocycles. The summed E-state index contributed by atoms with van der Waals surface area (Å²) < 4.78 is 25.7. The molecule has 0 bridgehead atoms. The fourth-order valence-electron chi connectivity index (χ4n) is 2.20. The van der Waals surface area contributed by atoms with Crippen LogP contribution in [0.25, 0.3) is 0 Å². The van der Waals surface area contributed by atoms with E-state index in [2.05, 4.69) is 10.6 Å². The van der Waals surface area contributed by atoms with Crippen molar-refractivity contribution < 1.29 is 18.0 Å². The highest BCUT2D eigenvalue weighted by molar-refractivity contribution is 7.90. The molecule has 0 radical (unpaired) electrons. The number of aryl methyl sites for hydroxylation is 1. The summed E-state index contributed by atoms with van der Waals surface area (Å²) in [7, 11) is -3.90. The largest absolute Gasteiger partial charge is 0.332 e. The van der Waals surface area contributed by atoms with Gasteiger partial charge in [0.2, 0.25) is 5.91 Å². The van der Waals surface area contributed by atoms with Gasteiger partial charge in [-0.1, -0.05) is 19.1 Å². The summed E-state index contributed by atoms with van der Waals surface area (Å²) in [5.74, 6) is -1.02. The van der Waals surface area contributed by atoms with Crippen molar-refractivity contribution in [1.29, 1.82) is 0 Å². The van der Waals surface area contributed by atoms with Gasteiger partial charge >= 0.3 is 0 Å². The molecular weight excluding hydrogens is 386 g/mol. The van der Waals surface area contributed by atoms with Crippen molar-refractivity contribution in [2.45, 2.75) is 25.2 Å². The van der Waals surface area contributed by atoms with Crippen molar-refractivity contribution in [2.75, 3.05) is 5.32 Å². The van der Waals surface area contributed by atoms with E-state index in [9.17, 15) is 18.0 Å². The minimum atomic E-state index is -3.90. The molecule has 0 unspecified atom stereocenters. The minimum absolute atomic E-state index is 0.0609. The SMILES string of the molecule is CCc1ccc(C(=O)NC(=S)Nc2ccc(S(=O)(=O)NC(C)=O)cc2)cc1. The van der Waals surface area contributed by atoms with Gasteiger partial charge in [0.05, 0.1) is 4.90 Å². The van der Waals surface area contributed by atoms with Gasteiger partial charge in [-0.25, -0.2) is 13.1 Å². The Hall–Kier alpha value is -2.78. The van der Waals surface area contributed by atoms with Crippen LogP contribution in [0.3, 0.4) is 0 Å². The van der Waals surface area contributed by atoms with Crippen molar-refractivity contribution in [3.8, 4) is 0 Å². The van der Waals surface area contributed by atoms with Crippen LogP contribution < -0.4 is 15.4 Å². The summed E-state index contributed by atoms with van der Waals surface area (Å²) in [5, 5.41) is 5.44. The summed E-state index contributed by atoms with van der Waals surface area (Å²) in [4.78, 5) is 23.1. The topological polar surface area (TPSA) is 104 Å². The zero-order chi connectivity index (χ0) is 20.0. The van der Waals surface area contributed by atoms with Crippen LogP contribution >= 0.6 is 12.2 Å². The molecule has 0 aliphatic heterocycles. The maximum absolute atomic E-state index is 12.2. The number of rotatable bonds is 5. The molecule has 0 aromatic heterocycles. The lowest BCUT2D eigenvalue weighted by atomic mass is 10.1. The second kappa shape index (κ2) is 8.74. The van der Waals surface area contributed by atoms with E-state index in [0.29, 0.717) is 11.3 Å². The normalized spacial score (nSPS) is 10.7. The summed E-state index contributed by atoms with van der Waals surface area (Å²) in [6.07, 6.45) is 0.884. The lowest BCUT2D eigenvalue weighted by molar-refractivity contribution is -0.117. The number of nitrogens with one attached hydrogen (secondary N) is 3. The van der Waals surface area contributed by atoms with Gasteiger partial charge < -0.3 is 5.32 Å². The Morgan fingerprint density at radius 2 is 1.59 bits per heavy atom. The second-order valence-corrected chi connectivity index (χ2v) is 7.74. The van der Waals surface area contributed by atoms with E-state index in [-0.39, 0.29) is 15.9 Å². The van der Waals surface area contributed by atoms with E-state index in [1.54, 1.807) is 12.1 Å². The van der Waals surface area contributed by atoms with E-state index in [1.165, 1.54) is 24.3 Å². The lowest BCUT2D eigenvalue weighted by Gasteiger charge is -2.11. The summed E-state index contributed by atoms with van der Waals surface area (Å²) >= 11 is 5.11. The molecule has 2 aromatic rings. The smallest absolute Gasteiger partial charge is 0.264 e. The number of hydrogen-bond donors (Lipinski definition) is 3. The first-order valence-corrected chi connectivity index (χ1v) is 9.95. The molecule has 0 saturated carbocycles. The molecule has 0 atom stereocenters. The predicted octanol–water partition coefficient (Wildman–Crippen LogP) is 2.20. The second-order valence-electron chi connectivity index (χ2n) is 5.64. The highest BCUT2D eigenvalue weighted by atomic mass is 32.2. The first-order valence-electron chi connectivity index (χ1n) is 8.06. The van der Waals surface area contributed by atoms with Gasteiger partial charge in [0.25, 0.3) is 15.9 Å². The summed E-state index contributed by atoms with van der Waals surface area (Å²) in [5.41, 5.74) is 2.10. The highest BCUT2D eigenvalue weighted by Gasteiger charge is 2.15. The molecule has 27 heavy (non-hydrogen) atoms. The Labute approximate surface area is 163 Å². The first kappa shape index (κ1) is 20.5. The van der Waals surface area contributed by atoms with Crippen molar-refractivity contribution in [3.63, 3.8) is 0 Å². The Morgan fingerprint density at radius 3 is 2.11 bits per heavy atom. The Morgan fingerprint density at radius 1 is 1.00 bits per heavy atom. The maximum Gasteiger partial charge on any atom is 0.264 e. The molecule has 3 N–H and O–H groups in total. The van der Waals surface area contributed by atoms with E-state index >= 15 is 0 Å². The van der Waals surface area contributed by atoms with E-state index in [4.69, 9.17) is 12.2 Å². The summed E-state index contributed by atoms with van der Waals surface area (Å²) in [6.45, 7) is 3.14. The van der Waals surface area contributed by atoms with E-state index < -0.39 is 15.9 Å². The molecule has 142 valence electrons. The van der Waals surface area contributed by atoms with Crippen molar-refractivity contribution in [3.05, 3.63) is 59.7 Å². The molecule has 0 aliphatic carbocycles. The van der Waals surface area contributed by atoms with Crippen LogP contribution in [-0.2, 0) is 21.2 Å². The average molecular weight is 406 g/mol. The van der Waals surface area contributed by atoms with Gasteiger partial charge in [0.1, 0.15) is 0 Å². The molecule has 7 nitrogen and oxygen atoms in total. The van der Waals surface area contributed by atoms with Gasteiger partial charge in [-0.3, -0.25) is 14.9 Å². The predicted molar refractivity (Wildman–Crippen MR) is 107 cm³/mol. The standard InChI is InChI=1S/C18H19N3O4S2/c1-3-13-4-6-14(7-5-13)17(23)20-18(26)19-15-8-10-16(11-9-15)27(24,25)21-12(2)22/h4-11H,3H2,1-2H3,(H,21,22)(H2,19,20,23,26). The van der Waals surface area contributed by atoms with Crippen molar-refractivity contribution in [1.82, 2.24) is 10.0 Å². The molecule has 0 spiro atoms. The molecule has 2 aromatic carbocycles. The first-order chi connectivity index (χ1) is 12.7. The molecule has 9 heteroatoms. The Kier molecular flexibility index (Phi) is 6.65. The van der Waals surface area contributed by atoms with E-state index in [0.717, 1.165) is 18.9 Å². The molecule has 0 aliphatic rings. The molecule has 0 fully saturated rings. The number of carbonyl (C=O) groups excluding carboxylic acids is 2. The van der Waals surface area contributed by atoms with Gasteiger partial charge in [-0.15, -0.1) is 0 Å². The van der Waals surface area contributed by atoms with Crippen LogP contribution in [0.1, 0.15) is 29.8 Å². The lowest BCUT2D eigenvalue weighted by Crippen LogP contribution is -2.34. The third kappa shape index (κ3) is 5.87. The number of hydrogen-bond acceptors (Lipinski definition) is 5.